The van der Waals surface area contributed by atoms with Crippen LogP contribution in [0.25, 0.3) is 22.2 Å². The van der Waals surface area contributed by atoms with Gasteiger partial charge in [-0.1, -0.05) is 69.3 Å². The zero-order valence-corrected chi connectivity index (χ0v) is 34.8. The number of rotatable bonds is 13. The molecule has 6 atom stereocenters. The van der Waals surface area contributed by atoms with Gasteiger partial charge in [0.1, 0.15) is 46.9 Å². The van der Waals surface area contributed by atoms with Crippen LogP contribution in [0.2, 0.25) is 0 Å². The molecular formula is C45H52FN4O8P. The summed E-state index contributed by atoms with van der Waals surface area (Å²) >= 11 is 0. The number of benzene rings is 3. The summed E-state index contributed by atoms with van der Waals surface area (Å²) in [6.45, 7) is 9.23. The van der Waals surface area contributed by atoms with Gasteiger partial charge in [0, 0.05) is 35.4 Å². The van der Waals surface area contributed by atoms with Gasteiger partial charge in [-0.05, 0) is 67.3 Å². The monoisotopic (exact) mass is 826 g/mol. The maximum Gasteiger partial charge on any atom is 0.408 e. The maximum absolute atomic E-state index is 15.1. The van der Waals surface area contributed by atoms with Crippen LogP contribution in [0.5, 0.6) is 11.5 Å². The minimum absolute atomic E-state index is 0.000783. The van der Waals surface area contributed by atoms with Gasteiger partial charge >= 0.3 is 6.09 Å². The third-order valence-electron chi connectivity index (χ3n) is 11.7. The van der Waals surface area contributed by atoms with Crippen LogP contribution in [0.4, 0.5) is 9.18 Å². The normalized spacial score (nSPS) is 23.2. The first kappa shape index (κ1) is 41.9. The number of methoxy groups -OCH3 is 1. The summed E-state index contributed by atoms with van der Waals surface area (Å²) in [6.07, 6.45) is 3.27. The summed E-state index contributed by atoms with van der Waals surface area (Å²) in [5.74, 6) is -1.25. The molecule has 59 heavy (non-hydrogen) atoms. The molecule has 2 aliphatic carbocycles. The van der Waals surface area contributed by atoms with Gasteiger partial charge in [0.25, 0.3) is 0 Å². The number of pyridine rings is 1. The number of ether oxygens (including phenoxy) is 3. The number of carbonyl (C=O) groups excluding carboxylic acids is 3. The molecule has 7 rings (SSSR count). The lowest BCUT2D eigenvalue weighted by atomic mass is 9.85. The molecule has 0 spiro atoms. The van der Waals surface area contributed by atoms with Crippen molar-refractivity contribution >= 4 is 36.2 Å². The van der Waals surface area contributed by atoms with Gasteiger partial charge in [0.15, 0.2) is 0 Å². The highest BCUT2D eigenvalue weighted by Gasteiger charge is 2.65. The second kappa shape index (κ2) is 16.8. The fourth-order valence-corrected chi connectivity index (χ4v) is 10.7. The third kappa shape index (κ3) is 8.87. The number of aromatic nitrogens is 1. The van der Waals surface area contributed by atoms with E-state index >= 15 is 4.39 Å². The van der Waals surface area contributed by atoms with Gasteiger partial charge < -0.3 is 34.6 Å². The van der Waals surface area contributed by atoms with E-state index in [0.29, 0.717) is 33.7 Å². The van der Waals surface area contributed by atoms with E-state index < -0.39 is 65.9 Å². The van der Waals surface area contributed by atoms with Crippen LogP contribution in [-0.4, -0.2) is 75.9 Å². The number of amides is 3. The lowest BCUT2D eigenvalue weighted by Crippen LogP contribution is -2.58. The van der Waals surface area contributed by atoms with E-state index in [9.17, 15) is 23.8 Å². The molecule has 12 nitrogen and oxygen atoms in total. The van der Waals surface area contributed by atoms with Crippen LogP contribution in [-0.2, 0) is 25.1 Å². The van der Waals surface area contributed by atoms with Crippen LogP contribution < -0.4 is 20.1 Å². The molecule has 1 aliphatic heterocycles. The number of likely N-dealkylation sites (tertiary alicyclic amines) is 1. The van der Waals surface area contributed by atoms with E-state index in [1.807, 2.05) is 26.8 Å². The molecule has 1 saturated heterocycles. The van der Waals surface area contributed by atoms with Crippen molar-refractivity contribution in [2.24, 2.45) is 11.3 Å². The van der Waals surface area contributed by atoms with Crippen molar-refractivity contribution in [3.63, 3.8) is 0 Å². The average molecular weight is 827 g/mol. The van der Waals surface area contributed by atoms with Crippen molar-refractivity contribution in [1.82, 2.24) is 20.5 Å². The van der Waals surface area contributed by atoms with Crippen LogP contribution in [0.3, 0.4) is 0 Å². The summed E-state index contributed by atoms with van der Waals surface area (Å²) < 4.78 is 47.2. The number of halogens is 1. The molecule has 3 aromatic carbocycles. The van der Waals surface area contributed by atoms with Gasteiger partial charge in [-0.25, -0.2) is 14.2 Å². The number of alkyl carbamates (subject to hydrolysis) is 1. The number of carbonyl (C=O) groups is 3. The molecule has 1 unspecified atom stereocenters. The fraction of sp³-hybridized carbons (Fsp3) is 0.422. The predicted octanol–water partition coefficient (Wildman–Crippen LogP) is 7.97. The van der Waals surface area contributed by atoms with E-state index in [1.54, 1.807) is 72.8 Å². The molecule has 312 valence electrons. The number of hydrogen-bond donors (Lipinski definition) is 3. The van der Waals surface area contributed by atoms with Crippen LogP contribution >= 0.6 is 7.37 Å². The quantitative estimate of drug-likeness (QED) is 0.0899. The number of nitrogens with one attached hydrogen (secondary N) is 2. The van der Waals surface area contributed by atoms with Gasteiger partial charge in [-0.3, -0.25) is 14.2 Å². The Labute approximate surface area is 344 Å². The molecule has 4 aromatic rings. The van der Waals surface area contributed by atoms with Crippen molar-refractivity contribution < 1.29 is 42.4 Å². The van der Waals surface area contributed by atoms with E-state index in [-0.39, 0.29) is 37.2 Å². The molecule has 0 radical (unpaired) electrons. The standard InChI is InChI=1S/C45H52FN4O8P/c1-6-29-25-45(29,59(54,55)27-28-14-8-7-9-15-28)49-41(51)38-23-32(26-50(38)42(52)40(44(2,3)4)48-43(53)58-30-16-10-11-17-30)57-39-24-37(33-18-12-13-19-35(33)46)47-36-22-31(56-5)20-21-34(36)39/h6-9,12-15,18-22,24,29-30,32,38,40H,1,10-11,16-17,23,25-27H2,2-5H3,(H,48,53)(H,49,51)(H,54,55)/t29-,32-,38+,40-,45+/m1/s1. The minimum atomic E-state index is -4.10. The smallest absolute Gasteiger partial charge is 0.408 e. The molecule has 3 N–H and O–H groups in total. The third-order valence-corrected chi connectivity index (χ3v) is 14.4. The highest BCUT2D eigenvalue weighted by atomic mass is 31.2. The summed E-state index contributed by atoms with van der Waals surface area (Å²) in [5, 5.41) is 4.84. The Morgan fingerprint density at radius 1 is 1.05 bits per heavy atom. The second-order valence-electron chi connectivity index (χ2n) is 16.9. The van der Waals surface area contributed by atoms with Gasteiger partial charge in [-0.2, -0.15) is 0 Å². The number of nitrogens with zero attached hydrogens (tertiary/aromatic N) is 2. The lowest BCUT2D eigenvalue weighted by Gasteiger charge is -2.36. The summed E-state index contributed by atoms with van der Waals surface area (Å²) in [4.78, 5) is 60.5. The summed E-state index contributed by atoms with van der Waals surface area (Å²) in [6, 6.07) is 19.8. The van der Waals surface area contributed by atoms with E-state index in [1.165, 1.54) is 18.1 Å². The molecule has 3 fully saturated rings. The van der Waals surface area contributed by atoms with Crippen LogP contribution in [0.15, 0.2) is 91.5 Å². The number of hydrogen-bond acceptors (Lipinski definition) is 8. The zero-order valence-electron chi connectivity index (χ0n) is 33.9. The summed E-state index contributed by atoms with van der Waals surface area (Å²) in [5.41, 5.74) is 0.861. The number of fused-ring (bicyclic) bond motifs is 1. The van der Waals surface area contributed by atoms with Crippen molar-refractivity contribution in [1.29, 1.82) is 0 Å². The Morgan fingerprint density at radius 3 is 2.42 bits per heavy atom. The highest BCUT2D eigenvalue weighted by Crippen LogP contribution is 2.70. The lowest BCUT2D eigenvalue weighted by molar-refractivity contribution is -0.142. The Kier molecular flexibility index (Phi) is 11.9. The van der Waals surface area contributed by atoms with Crippen molar-refractivity contribution in [3.05, 3.63) is 103 Å². The van der Waals surface area contributed by atoms with Crippen LogP contribution in [0.1, 0.15) is 64.9 Å². The Morgan fingerprint density at radius 2 is 1.76 bits per heavy atom. The molecule has 3 amide bonds. The van der Waals surface area contributed by atoms with Gasteiger partial charge in [-0.15, -0.1) is 6.58 Å². The first-order valence-corrected chi connectivity index (χ1v) is 22.0. The molecule has 1 aromatic heterocycles. The molecule has 2 saturated carbocycles. The molecule has 2 heterocycles. The second-order valence-corrected chi connectivity index (χ2v) is 19.4. The first-order valence-electron chi connectivity index (χ1n) is 20.1. The van der Waals surface area contributed by atoms with Crippen molar-refractivity contribution in [2.75, 3.05) is 13.7 Å². The van der Waals surface area contributed by atoms with E-state index in [0.717, 1.165) is 25.7 Å². The van der Waals surface area contributed by atoms with Crippen LogP contribution in [0, 0.1) is 17.2 Å². The molecular weight excluding hydrogens is 774 g/mol. The van der Waals surface area contributed by atoms with Crippen molar-refractivity contribution in [3.8, 4) is 22.8 Å². The van der Waals surface area contributed by atoms with E-state index in [2.05, 4.69) is 17.2 Å². The van der Waals surface area contributed by atoms with Gasteiger partial charge in [0.2, 0.25) is 19.2 Å². The fourth-order valence-electron chi connectivity index (χ4n) is 8.34. The Bertz CT molecular complexity index is 2280. The topological polar surface area (TPSA) is 156 Å². The molecule has 14 heteroatoms. The maximum atomic E-state index is 15.1. The van der Waals surface area contributed by atoms with E-state index in [4.69, 9.17) is 19.2 Å². The van der Waals surface area contributed by atoms with Gasteiger partial charge in [0.05, 0.1) is 31.0 Å². The largest absolute Gasteiger partial charge is 0.497 e. The minimum Gasteiger partial charge on any atom is -0.497 e. The average Bonchev–Trinajstić information content (AvgIpc) is 3.45. The first-order chi connectivity index (χ1) is 28.1. The van der Waals surface area contributed by atoms with Crippen molar-refractivity contribution in [2.45, 2.75) is 95.0 Å². The summed E-state index contributed by atoms with van der Waals surface area (Å²) in [7, 11) is -2.57. The molecule has 3 aliphatic rings. The predicted molar refractivity (Wildman–Crippen MR) is 222 cm³/mol. The Balaban J connectivity index is 1.23. The zero-order chi connectivity index (χ0) is 42.1. The SMILES string of the molecule is C=C[C@@H]1C[C@]1(NC(=O)[C@@H]1C[C@@H](Oc2cc(-c3ccccc3F)nc3cc(OC)ccc23)CN1C(=O)[C@@H](NC(=O)OC1CCCC1)C(C)(C)C)P(=O)(O)Cc1ccccc1. The highest BCUT2D eigenvalue weighted by molar-refractivity contribution is 7.59. The molecule has 0 bridgehead atoms. The Hall–Kier alpha value is -5.26.